The minimum absolute atomic E-state index is 0.0551. The van der Waals surface area contributed by atoms with Crippen LogP contribution in [0, 0.1) is 18.3 Å². The van der Waals surface area contributed by atoms with Crippen molar-refractivity contribution in [3.63, 3.8) is 0 Å². The van der Waals surface area contributed by atoms with Crippen LogP contribution in [0.5, 0.6) is 5.88 Å². The van der Waals surface area contributed by atoms with E-state index in [0.29, 0.717) is 11.3 Å². The van der Waals surface area contributed by atoms with E-state index < -0.39 is 5.97 Å². The summed E-state index contributed by atoms with van der Waals surface area (Å²) < 4.78 is 5.11. The molecule has 0 atom stereocenters. The van der Waals surface area contributed by atoms with Gasteiger partial charge >= 0.3 is 5.97 Å². The number of rotatable bonds is 3. The van der Waals surface area contributed by atoms with Gasteiger partial charge in [-0.15, -0.1) is 11.3 Å². The molecule has 0 aliphatic heterocycles. The van der Waals surface area contributed by atoms with E-state index in [1.165, 1.54) is 11.3 Å². The minimum Gasteiger partial charge on any atom is -0.406 e. The second-order valence-electron chi connectivity index (χ2n) is 3.78. The molecule has 0 amide bonds. The van der Waals surface area contributed by atoms with Crippen molar-refractivity contribution in [2.75, 3.05) is 0 Å². The summed E-state index contributed by atoms with van der Waals surface area (Å²) >= 11 is 1.43. The fourth-order valence-corrected chi connectivity index (χ4v) is 2.09. The van der Waals surface area contributed by atoms with E-state index in [2.05, 4.69) is 9.97 Å². The number of nitrogens with zero attached hydrogens (tertiary/aromatic N) is 3. The smallest absolute Gasteiger partial charge is 0.312 e. The topological polar surface area (TPSA) is 75.9 Å². The van der Waals surface area contributed by atoms with Crippen LogP contribution in [-0.2, 0) is 4.79 Å². The summed E-state index contributed by atoms with van der Waals surface area (Å²) in [6, 6.07) is 3.77. The molecule has 96 valence electrons. The Kier molecular flexibility index (Phi) is 3.88. The predicted octanol–water partition coefficient (Wildman–Crippen LogP) is 2.70. The Labute approximate surface area is 114 Å². The first-order valence-corrected chi connectivity index (χ1v) is 6.56. The van der Waals surface area contributed by atoms with E-state index in [1.807, 2.05) is 11.4 Å². The van der Waals surface area contributed by atoms with Crippen molar-refractivity contribution in [1.29, 1.82) is 5.26 Å². The van der Waals surface area contributed by atoms with Gasteiger partial charge in [-0.1, -0.05) is 6.92 Å². The minimum atomic E-state index is -0.417. The van der Waals surface area contributed by atoms with Crippen molar-refractivity contribution in [1.82, 2.24) is 9.97 Å². The maximum Gasteiger partial charge on any atom is 0.312 e. The van der Waals surface area contributed by atoms with Gasteiger partial charge in [-0.05, 0) is 18.6 Å². The third-order valence-corrected chi connectivity index (χ3v) is 3.24. The lowest BCUT2D eigenvalue weighted by atomic mass is 10.1. The van der Waals surface area contributed by atoms with E-state index in [9.17, 15) is 4.79 Å². The molecule has 2 aromatic heterocycles. The van der Waals surface area contributed by atoms with Gasteiger partial charge in [-0.25, -0.2) is 9.97 Å². The second kappa shape index (κ2) is 5.59. The zero-order valence-corrected chi connectivity index (χ0v) is 11.3. The molecule has 0 fully saturated rings. The summed E-state index contributed by atoms with van der Waals surface area (Å²) in [5.41, 5.74) is 1.59. The predicted molar refractivity (Wildman–Crippen MR) is 70.7 cm³/mol. The van der Waals surface area contributed by atoms with Crippen LogP contribution in [-0.4, -0.2) is 15.9 Å². The van der Waals surface area contributed by atoms with E-state index in [4.69, 9.17) is 10.00 Å². The van der Waals surface area contributed by atoms with Gasteiger partial charge in [-0.2, -0.15) is 5.26 Å². The van der Waals surface area contributed by atoms with Gasteiger partial charge in [0, 0.05) is 18.0 Å². The maximum atomic E-state index is 11.4. The highest BCUT2D eigenvalue weighted by Gasteiger charge is 2.15. The normalized spacial score (nSPS) is 9.95. The first kappa shape index (κ1) is 13.2. The third kappa shape index (κ3) is 2.77. The van der Waals surface area contributed by atoms with Gasteiger partial charge in [0.25, 0.3) is 0 Å². The molecule has 0 spiro atoms. The first-order valence-electron chi connectivity index (χ1n) is 5.68. The highest BCUT2D eigenvalue weighted by molar-refractivity contribution is 7.13. The largest absolute Gasteiger partial charge is 0.406 e. The highest BCUT2D eigenvalue weighted by atomic mass is 32.1. The first-order chi connectivity index (χ1) is 9.15. The van der Waals surface area contributed by atoms with Gasteiger partial charge in [0.15, 0.2) is 0 Å². The van der Waals surface area contributed by atoms with E-state index in [0.717, 1.165) is 5.01 Å². The number of carbonyl (C=O) groups is 1. The van der Waals surface area contributed by atoms with Crippen molar-refractivity contribution in [3.05, 3.63) is 28.8 Å². The van der Waals surface area contributed by atoms with Gasteiger partial charge in [0.2, 0.25) is 5.88 Å². The van der Waals surface area contributed by atoms with Gasteiger partial charge in [0.1, 0.15) is 22.3 Å². The fourth-order valence-electron chi connectivity index (χ4n) is 1.49. The number of nitriles is 1. The Bertz CT molecular complexity index is 645. The summed E-state index contributed by atoms with van der Waals surface area (Å²) in [5, 5.41) is 11.7. The number of aryl methyl sites for hydroxylation is 1. The number of thiazole rings is 1. The molecule has 0 radical (unpaired) electrons. The standard InChI is InChI=1S/C13H11N3O2S/c1-3-11(17)18-12-9(7-14)8(2)6-10(16-12)13-15-4-5-19-13/h4-6H,3H2,1-2H3. The van der Waals surface area contributed by atoms with Gasteiger partial charge in [-0.3, -0.25) is 4.79 Å². The maximum absolute atomic E-state index is 11.4. The molecule has 0 unspecified atom stereocenters. The molecule has 0 aliphatic carbocycles. The summed E-state index contributed by atoms with van der Waals surface area (Å²) in [5.74, 6) is -0.362. The summed E-state index contributed by atoms with van der Waals surface area (Å²) in [6.07, 6.45) is 1.90. The van der Waals surface area contributed by atoms with Crippen LogP contribution in [0.2, 0.25) is 0 Å². The molecular formula is C13H11N3O2S. The van der Waals surface area contributed by atoms with Crippen LogP contribution in [0.1, 0.15) is 24.5 Å². The van der Waals surface area contributed by atoms with Crippen LogP contribution < -0.4 is 4.74 Å². The van der Waals surface area contributed by atoms with Crippen LogP contribution in [0.15, 0.2) is 17.6 Å². The summed E-state index contributed by atoms with van der Waals surface area (Å²) in [4.78, 5) is 19.7. The molecule has 0 saturated carbocycles. The van der Waals surface area contributed by atoms with Crippen molar-refractivity contribution in [2.45, 2.75) is 20.3 Å². The summed E-state index contributed by atoms with van der Waals surface area (Å²) in [7, 11) is 0. The number of aromatic nitrogens is 2. The zero-order chi connectivity index (χ0) is 13.8. The van der Waals surface area contributed by atoms with Crippen molar-refractivity contribution >= 4 is 17.3 Å². The zero-order valence-electron chi connectivity index (χ0n) is 10.5. The number of esters is 1. The van der Waals surface area contributed by atoms with Crippen molar-refractivity contribution < 1.29 is 9.53 Å². The number of carbonyl (C=O) groups excluding carboxylic acids is 1. The molecule has 2 rings (SSSR count). The molecular weight excluding hydrogens is 262 g/mol. The molecule has 0 bridgehead atoms. The molecule has 2 heterocycles. The Morgan fingerprint density at radius 2 is 2.37 bits per heavy atom. The van der Waals surface area contributed by atoms with Crippen molar-refractivity contribution in [2.24, 2.45) is 0 Å². The molecule has 6 heteroatoms. The fraction of sp³-hybridized carbons (Fsp3) is 0.231. The van der Waals surface area contributed by atoms with Gasteiger partial charge < -0.3 is 4.74 Å². The average Bonchev–Trinajstić information content (AvgIpc) is 2.92. The number of hydrogen-bond donors (Lipinski definition) is 0. The van der Waals surface area contributed by atoms with Crippen LogP contribution in [0.4, 0.5) is 0 Å². The van der Waals surface area contributed by atoms with Crippen molar-refractivity contribution in [3.8, 4) is 22.7 Å². The monoisotopic (exact) mass is 273 g/mol. The molecule has 19 heavy (non-hydrogen) atoms. The molecule has 2 aromatic rings. The van der Waals surface area contributed by atoms with Gasteiger partial charge in [0.05, 0.1) is 0 Å². The Hall–Kier alpha value is -2.26. The third-order valence-electron chi connectivity index (χ3n) is 2.45. The quantitative estimate of drug-likeness (QED) is 0.804. The molecule has 0 saturated heterocycles. The van der Waals surface area contributed by atoms with E-state index in [-0.39, 0.29) is 17.9 Å². The Morgan fingerprint density at radius 3 is 2.95 bits per heavy atom. The SMILES string of the molecule is CCC(=O)Oc1nc(-c2nccs2)cc(C)c1C#N. The lowest BCUT2D eigenvalue weighted by Gasteiger charge is -2.08. The van der Waals surface area contributed by atoms with E-state index in [1.54, 1.807) is 26.1 Å². The van der Waals surface area contributed by atoms with Crippen LogP contribution in [0.3, 0.4) is 0 Å². The van der Waals surface area contributed by atoms with Crippen LogP contribution >= 0.6 is 11.3 Å². The lowest BCUT2D eigenvalue weighted by Crippen LogP contribution is -2.09. The lowest BCUT2D eigenvalue weighted by molar-refractivity contribution is -0.134. The molecule has 0 N–H and O–H groups in total. The molecule has 0 aromatic carbocycles. The number of ether oxygens (including phenoxy) is 1. The average molecular weight is 273 g/mol. The van der Waals surface area contributed by atoms with E-state index >= 15 is 0 Å². The second-order valence-corrected chi connectivity index (χ2v) is 4.68. The Balaban J connectivity index is 2.51. The summed E-state index contributed by atoms with van der Waals surface area (Å²) in [6.45, 7) is 3.46. The number of hydrogen-bond acceptors (Lipinski definition) is 6. The molecule has 5 nitrogen and oxygen atoms in total. The molecule has 0 aliphatic rings. The highest BCUT2D eigenvalue weighted by Crippen LogP contribution is 2.27. The number of pyridine rings is 1. The van der Waals surface area contributed by atoms with Crippen LogP contribution in [0.25, 0.3) is 10.7 Å². The Morgan fingerprint density at radius 1 is 1.58 bits per heavy atom.